The van der Waals surface area contributed by atoms with Crippen molar-refractivity contribution in [2.75, 3.05) is 138 Å². The first-order valence-electron chi connectivity index (χ1n) is 53.3. The number of piperidine rings is 1. The number of rotatable bonds is 42. The minimum atomic E-state index is -0.448. The van der Waals surface area contributed by atoms with Gasteiger partial charge in [0.15, 0.2) is 5.78 Å². The predicted molar refractivity (Wildman–Crippen MR) is 605 cm³/mol. The van der Waals surface area contributed by atoms with Crippen LogP contribution in [0, 0.1) is 65.1 Å². The maximum absolute atomic E-state index is 11.6. The van der Waals surface area contributed by atoms with Gasteiger partial charge in [0, 0.05) is 71.1 Å². The molecule has 0 spiro atoms. The first-order chi connectivity index (χ1) is 68.4. The van der Waals surface area contributed by atoms with Crippen molar-refractivity contribution in [1.29, 1.82) is 0 Å². The maximum Gasteiger partial charge on any atom is 0.169 e. The van der Waals surface area contributed by atoms with Crippen LogP contribution < -0.4 is 43.2 Å². The van der Waals surface area contributed by atoms with Gasteiger partial charge in [-0.1, -0.05) is 361 Å². The topological polar surface area (TPSA) is 161 Å². The third-order valence-electron chi connectivity index (χ3n) is 25.0. The monoisotopic (exact) mass is 1980 g/mol. The van der Waals surface area contributed by atoms with E-state index in [1.807, 2.05) is 162 Å². The Balaban J connectivity index is 0.000000541. The number of hydrogen-bond acceptors (Lipinski definition) is 17. The molecule has 800 valence electrons. The first-order valence-corrected chi connectivity index (χ1v) is 53.3. The van der Waals surface area contributed by atoms with Gasteiger partial charge in [-0.3, -0.25) is 9.69 Å². The van der Waals surface area contributed by atoms with Crippen LogP contribution in [0.25, 0.3) is 0 Å². The number of nitrogens with zero attached hydrogens (tertiary/aromatic N) is 3. The summed E-state index contributed by atoms with van der Waals surface area (Å²) in [6.07, 6.45) is 16.2. The number of aliphatic hydroxyl groups is 1. The molecule has 0 bridgehead atoms. The van der Waals surface area contributed by atoms with E-state index in [4.69, 9.17) is 52.1 Å². The van der Waals surface area contributed by atoms with E-state index in [9.17, 15) is 9.90 Å². The molecule has 6 atom stereocenters. The van der Waals surface area contributed by atoms with Crippen LogP contribution in [0.5, 0.6) is 46.0 Å². The molecule has 17 nitrogen and oxygen atoms in total. The smallest absolute Gasteiger partial charge is 0.169 e. The van der Waals surface area contributed by atoms with E-state index in [-0.39, 0.29) is 35.9 Å². The molecular formula is C126H198N4O13. The summed E-state index contributed by atoms with van der Waals surface area (Å²) in [6.45, 7) is 55.4. The number of methoxy groups -OCH3 is 8. The SMILES string of the molecule is CC(C)CC1CCCCC1.CC(C)Cc1ccccc1.CCCOC(c1ccccc1OC)C(C)C.CCN(C)C(c1ccccc1OC)C(C)C.CNC(c1ccccc1OC)C(C)C.COc1ccccc1C(=O)C(C)C.COc1ccccc1C(O)C(C)C.COc1ccccc1C(OCCN(C)C)C(C)C.COc1ccccc1C(OCCN1CCCCC1)C(C)C.COc1ccccc1CC(C)C. The van der Waals surface area contributed by atoms with Crippen molar-refractivity contribution < 1.29 is 62.0 Å². The number of carbonyl (C=O) groups excluding carboxylic acids is 1. The Kier molecular flexibility index (Phi) is 69.3. The zero-order valence-electron chi connectivity index (χ0n) is 95.5. The zero-order valence-corrected chi connectivity index (χ0v) is 95.5. The van der Waals surface area contributed by atoms with Gasteiger partial charge in [0.25, 0.3) is 0 Å². The van der Waals surface area contributed by atoms with Gasteiger partial charge in [-0.2, -0.15) is 0 Å². The number of nitrogens with one attached hydrogen (secondary N) is 1. The number of likely N-dealkylation sites (tertiary alicyclic amines) is 1. The fourth-order valence-corrected chi connectivity index (χ4v) is 17.6. The van der Waals surface area contributed by atoms with E-state index in [2.05, 4.69) is 251 Å². The summed E-state index contributed by atoms with van der Waals surface area (Å²) in [5, 5.41) is 13.1. The minimum absolute atomic E-state index is 0.0105. The summed E-state index contributed by atoms with van der Waals surface area (Å²) < 4.78 is 60.7. The average Bonchev–Trinajstić information content (AvgIpc) is 0.810. The van der Waals surface area contributed by atoms with Crippen molar-refractivity contribution >= 4 is 5.78 Å². The molecule has 1 aliphatic carbocycles. The van der Waals surface area contributed by atoms with Gasteiger partial charge in [-0.25, -0.2) is 0 Å². The fraction of sp³-hybridized carbons (Fsp3) is 0.563. The minimum Gasteiger partial charge on any atom is -0.496 e. The van der Waals surface area contributed by atoms with Crippen molar-refractivity contribution in [3.63, 3.8) is 0 Å². The largest absolute Gasteiger partial charge is 0.496 e. The molecule has 2 fully saturated rings. The number of ether oxygens (including phenoxy) is 11. The molecule has 11 rings (SSSR count). The molecule has 2 N–H and O–H groups in total. The quantitative estimate of drug-likeness (QED) is 0.0347. The summed E-state index contributed by atoms with van der Waals surface area (Å²) in [6, 6.07) is 75.2. The van der Waals surface area contributed by atoms with Gasteiger partial charge in [0.1, 0.15) is 46.0 Å². The third-order valence-corrected chi connectivity index (χ3v) is 25.0. The van der Waals surface area contributed by atoms with Crippen LogP contribution >= 0.6 is 0 Å². The molecular weight excluding hydrogens is 1780 g/mol. The standard InChI is InChI=1S/C18H29NO2.C15H25NO2.C14H23NO.C14H22O2.C12H19NO.C11H16O2.C11H14O2.C11H16O.C10H20.C10H14/c1-15(2)18(16-9-5-6-10-17(16)20-3)21-14-13-19-11-7-4-8-12-19;1-12(2)15(18-11-10-16(3)4)13-8-6-7-9-14(13)17-5;1-6-15(4)14(11(2)3)12-9-7-8-10-13(12)16-5;1-5-10-16-14(11(2)3)12-8-6-7-9-13(12)15-4;1-9(2)12(13-3)10-7-5-6-8-11(10)14-4;2*1-8(2)11(12)9-6-4-5-7-10(9)13-3;1-9(2)8-10-6-4-5-7-11(10)12-3;2*1-9(2)8-10-6-4-3-5-7-10/h5-6,9-10,15,18H,4,7-8,11-14H2,1-3H3;6-9,12,15H,10-11H2,1-5H3;7-11,14H,6H2,1-5H3;6-9,11,14H,5,10H2,1-4H3;5-9,12-13H,1-4H3;4-8,11-12H,1-3H3;4-8H,1-3H3;4-7,9H,8H2,1-3H3;9-10H,3-8H2,1-2H3;3-7,9H,8H2,1-2H3. The number of para-hydroxylation sites is 8. The molecule has 1 saturated carbocycles. The number of ketones is 1. The lowest BCUT2D eigenvalue weighted by molar-refractivity contribution is 0.00567. The van der Waals surface area contributed by atoms with E-state index < -0.39 is 6.10 Å². The molecule has 6 unspecified atom stereocenters. The van der Waals surface area contributed by atoms with Crippen molar-refractivity contribution in [3.05, 3.63) is 275 Å². The highest BCUT2D eigenvalue weighted by Gasteiger charge is 2.27. The van der Waals surface area contributed by atoms with E-state index in [1.165, 1.54) is 99.6 Å². The average molecular weight is 1980 g/mol. The van der Waals surface area contributed by atoms with Crippen LogP contribution in [0.3, 0.4) is 0 Å². The van der Waals surface area contributed by atoms with Crippen LogP contribution in [0.4, 0.5) is 0 Å². The Morgan fingerprint density at radius 3 is 1.10 bits per heavy atom. The normalized spacial score (nSPS) is 13.7. The number of hydrogen-bond donors (Lipinski definition) is 2. The van der Waals surface area contributed by atoms with Crippen LogP contribution in [0.1, 0.15) is 308 Å². The van der Waals surface area contributed by atoms with E-state index in [0.29, 0.717) is 58.9 Å². The number of carbonyl (C=O) groups is 1. The lowest BCUT2D eigenvalue weighted by Gasteiger charge is -2.31. The Labute approximate surface area is 871 Å². The summed E-state index contributed by atoms with van der Waals surface area (Å²) >= 11 is 0. The second-order valence-electron chi connectivity index (χ2n) is 41.1. The lowest BCUT2D eigenvalue weighted by atomic mass is 9.84. The summed E-state index contributed by atoms with van der Waals surface area (Å²) in [4.78, 5) is 18.6. The molecule has 9 aromatic carbocycles. The highest BCUT2D eigenvalue weighted by atomic mass is 16.5. The van der Waals surface area contributed by atoms with Gasteiger partial charge in [-0.15, -0.1) is 0 Å². The van der Waals surface area contributed by atoms with Crippen LogP contribution in [-0.2, 0) is 27.1 Å². The summed E-state index contributed by atoms with van der Waals surface area (Å²) in [5.74, 6) is 13.3. The van der Waals surface area contributed by atoms with Crippen molar-refractivity contribution in [1.82, 2.24) is 20.0 Å². The van der Waals surface area contributed by atoms with E-state index in [1.54, 1.807) is 69.0 Å². The highest BCUT2D eigenvalue weighted by molar-refractivity contribution is 5.99. The molecule has 0 aromatic heterocycles. The molecule has 0 radical (unpaired) electrons. The number of likely N-dealkylation sites (N-methyl/N-ethyl adjacent to an activating group) is 1. The van der Waals surface area contributed by atoms with Gasteiger partial charge in [-0.05, 0) is 211 Å². The molecule has 9 aromatic rings. The Hall–Kier alpha value is -9.27. The van der Waals surface area contributed by atoms with Gasteiger partial charge >= 0.3 is 0 Å². The van der Waals surface area contributed by atoms with Crippen molar-refractivity contribution in [2.24, 2.45) is 65.1 Å². The number of benzene rings is 9. The number of Topliss-reactive ketones (excluding diaryl/α,β-unsaturated/α-hetero) is 1. The van der Waals surface area contributed by atoms with Crippen LogP contribution in [0.2, 0.25) is 0 Å². The van der Waals surface area contributed by atoms with Crippen LogP contribution in [-0.4, -0.2) is 163 Å². The third kappa shape index (κ3) is 51.1. The molecule has 0 amide bonds. The molecule has 2 aliphatic rings. The van der Waals surface area contributed by atoms with Gasteiger partial charge in [0.2, 0.25) is 0 Å². The Morgan fingerprint density at radius 1 is 0.371 bits per heavy atom. The zero-order chi connectivity index (χ0) is 107. The number of aliphatic hydroxyl groups excluding tert-OH is 1. The molecule has 143 heavy (non-hydrogen) atoms. The first kappa shape index (κ1) is 130. The lowest BCUT2D eigenvalue weighted by Crippen LogP contribution is -2.33. The molecule has 1 heterocycles. The summed E-state index contributed by atoms with van der Waals surface area (Å²) in [7, 11) is 21.8. The van der Waals surface area contributed by atoms with Gasteiger partial charge < -0.3 is 72.3 Å². The molecule has 1 saturated heterocycles. The second kappa shape index (κ2) is 76.3. The fourth-order valence-electron chi connectivity index (χ4n) is 17.6. The van der Waals surface area contributed by atoms with Crippen molar-refractivity contribution in [3.8, 4) is 46.0 Å². The molecule has 17 heteroatoms. The predicted octanol–water partition coefficient (Wildman–Crippen LogP) is 31.0. The Bertz CT molecular complexity index is 4650. The van der Waals surface area contributed by atoms with Gasteiger partial charge in [0.05, 0.1) is 100 Å². The van der Waals surface area contributed by atoms with E-state index >= 15 is 0 Å². The Morgan fingerprint density at radius 2 is 0.727 bits per heavy atom. The summed E-state index contributed by atoms with van der Waals surface area (Å²) in [5.41, 5.74) is 10.2. The maximum atomic E-state index is 11.6. The van der Waals surface area contributed by atoms with Crippen molar-refractivity contribution in [2.45, 2.75) is 266 Å². The van der Waals surface area contributed by atoms with Crippen LogP contribution in [0.15, 0.2) is 224 Å². The second-order valence-corrected chi connectivity index (χ2v) is 41.1. The van der Waals surface area contributed by atoms with E-state index in [0.717, 1.165) is 133 Å². The highest BCUT2D eigenvalue weighted by Crippen LogP contribution is 2.39. The molecule has 1 aliphatic heterocycles.